The zero-order chi connectivity index (χ0) is 24.8. The van der Waals surface area contributed by atoms with Gasteiger partial charge in [0.1, 0.15) is 11.6 Å². The summed E-state index contributed by atoms with van der Waals surface area (Å²) < 4.78 is 20.3. The molecule has 190 valence electrons. The molecule has 7 nitrogen and oxygen atoms in total. The van der Waals surface area contributed by atoms with Crippen LogP contribution in [0.5, 0.6) is 5.75 Å². The molecule has 1 saturated carbocycles. The maximum atomic E-state index is 14.5. The lowest BCUT2D eigenvalue weighted by molar-refractivity contribution is -0.121. The van der Waals surface area contributed by atoms with Crippen LogP contribution >= 0.6 is 0 Å². The summed E-state index contributed by atoms with van der Waals surface area (Å²) in [6.45, 7) is 6.35. The summed E-state index contributed by atoms with van der Waals surface area (Å²) in [6.07, 6.45) is 8.92. The number of rotatable bonds is 11. The Balaban J connectivity index is 1.16. The topological polar surface area (TPSA) is 87.6 Å². The van der Waals surface area contributed by atoms with Gasteiger partial charge in [-0.15, -0.1) is 0 Å². The molecule has 2 aliphatic rings. The molecule has 2 aromatic rings. The number of piperidine rings is 1. The van der Waals surface area contributed by atoms with Crippen LogP contribution in [0.1, 0.15) is 50.2 Å². The van der Waals surface area contributed by atoms with Crippen LogP contribution < -0.4 is 15.0 Å². The van der Waals surface area contributed by atoms with Crippen LogP contribution in [0.3, 0.4) is 0 Å². The average molecular weight is 485 g/mol. The summed E-state index contributed by atoms with van der Waals surface area (Å²) in [7, 11) is 0. The number of aryl methyl sites for hydroxylation is 1. The molecule has 0 bridgehead atoms. The molecule has 4 rings (SSSR count). The van der Waals surface area contributed by atoms with Crippen molar-refractivity contribution >= 4 is 11.9 Å². The second-order valence-corrected chi connectivity index (χ2v) is 9.97. The maximum absolute atomic E-state index is 14.5. The number of carbonyl (C=O) groups excluding carboxylic acids is 1. The Morgan fingerprint density at radius 3 is 2.69 bits per heavy atom. The third-order valence-electron chi connectivity index (χ3n) is 7.38. The van der Waals surface area contributed by atoms with E-state index in [0.717, 1.165) is 42.9 Å². The first kappa shape index (κ1) is 25.4. The molecule has 0 spiro atoms. The van der Waals surface area contributed by atoms with Crippen molar-refractivity contribution in [3.8, 4) is 5.75 Å². The van der Waals surface area contributed by atoms with E-state index in [1.165, 1.54) is 25.3 Å². The van der Waals surface area contributed by atoms with Gasteiger partial charge in [0.15, 0.2) is 0 Å². The fraction of sp³-hybridized carbons (Fsp3) is 0.593. The Kier molecular flexibility index (Phi) is 8.55. The molecule has 1 aliphatic carbocycles. The maximum Gasteiger partial charge on any atom is 0.225 e. The summed E-state index contributed by atoms with van der Waals surface area (Å²) in [5, 5.41) is 11.9. The van der Waals surface area contributed by atoms with Gasteiger partial charge in [0.05, 0.1) is 25.7 Å². The van der Waals surface area contributed by atoms with Gasteiger partial charge in [0.2, 0.25) is 11.9 Å². The van der Waals surface area contributed by atoms with E-state index >= 15 is 0 Å². The van der Waals surface area contributed by atoms with Gasteiger partial charge < -0.3 is 20.1 Å². The van der Waals surface area contributed by atoms with Crippen molar-refractivity contribution in [1.82, 2.24) is 15.3 Å². The highest BCUT2D eigenvalue weighted by Crippen LogP contribution is 2.49. The molecule has 2 fully saturated rings. The molecule has 1 aromatic heterocycles. The van der Waals surface area contributed by atoms with Crippen molar-refractivity contribution in [2.45, 2.75) is 58.4 Å². The highest BCUT2D eigenvalue weighted by atomic mass is 19.1. The van der Waals surface area contributed by atoms with Crippen molar-refractivity contribution in [2.24, 2.45) is 17.8 Å². The van der Waals surface area contributed by atoms with Crippen LogP contribution in [0.25, 0.3) is 0 Å². The zero-order valence-corrected chi connectivity index (χ0v) is 20.8. The first-order chi connectivity index (χ1) is 17.0. The van der Waals surface area contributed by atoms with E-state index in [9.17, 15) is 14.3 Å². The number of amides is 1. The van der Waals surface area contributed by atoms with Crippen LogP contribution in [0.15, 0.2) is 30.6 Å². The van der Waals surface area contributed by atoms with Crippen LogP contribution in [-0.4, -0.2) is 53.3 Å². The largest absolute Gasteiger partial charge is 0.493 e. The van der Waals surface area contributed by atoms with Gasteiger partial charge in [-0.2, -0.15) is 0 Å². The second-order valence-electron chi connectivity index (χ2n) is 9.97. The third-order valence-corrected chi connectivity index (χ3v) is 7.38. The fourth-order valence-corrected chi connectivity index (χ4v) is 5.07. The molecule has 2 N–H and O–H groups in total. The number of nitrogens with zero attached hydrogens (tertiary/aromatic N) is 3. The number of nitrogens with one attached hydrogen (secondary N) is 1. The SMILES string of the molecule is CC[C@@H](CO)NC(=O)Cc1ccc(OCC[C@@H]2C[C@@H]2C2CCN(c3ncc(C)cn3)CC2)cc1F. The monoisotopic (exact) mass is 484 g/mol. The number of carbonyl (C=O) groups is 1. The van der Waals surface area contributed by atoms with E-state index < -0.39 is 5.82 Å². The second kappa shape index (κ2) is 11.8. The van der Waals surface area contributed by atoms with E-state index in [0.29, 0.717) is 30.3 Å². The Labute approximate surface area is 207 Å². The molecule has 0 radical (unpaired) electrons. The molecule has 1 saturated heterocycles. The van der Waals surface area contributed by atoms with Gasteiger partial charge >= 0.3 is 0 Å². The van der Waals surface area contributed by atoms with Crippen LogP contribution in [0.4, 0.5) is 10.3 Å². The van der Waals surface area contributed by atoms with Gasteiger partial charge in [0, 0.05) is 31.5 Å². The van der Waals surface area contributed by atoms with Crippen molar-refractivity contribution in [3.05, 3.63) is 47.5 Å². The minimum absolute atomic E-state index is 0.0543. The summed E-state index contributed by atoms with van der Waals surface area (Å²) in [4.78, 5) is 23.3. The van der Waals surface area contributed by atoms with Gasteiger partial charge in [-0.3, -0.25) is 4.79 Å². The number of aliphatic hydroxyl groups is 1. The predicted octanol–water partition coefficient (Wildman–Crippen LogP) is 3.68. The van der Waals surface area contributed by atoms with Crippen molar-refractivity contribution in [3.63, 3.8) is 0 Å². The van der Waals surface area contributed by atoms with Crippen molar-refractivity contribution in [2.75, 3.05) is 31.2 Å². The molecular weight excluding hydrogens is 447 g/mol. The number of aromatic nitrogens is 2. The lowest BCUT2D eigenvalue weighted by Gasteiger charge is -2.32. The number of hydrogen-bond donors (Lipinski definition) is 2. The van der Waals surface area contributed by atoms with Crippen LogP contribution in [0.2, 0.25) is 0 Å². The quantitative estimate of drug-likeness (QED) is 0.506. The lowest BCUT2D eigenvalue weighted by Crippen LogP contribution is -2.37. The van der Waals surface area contributed by atoms with Gasteiger partial charge in [0.25, 0.3) is 0 Å². The molecule has 3 atom stereocenters. The molecule has 1 aromatic carbocycles. The zero-order valence-electron chi connectivity index (χ0n) is 20.8. The molecule has 1 aliphatic heterocycles. The van der Waals surface area contributed by atoms with E-state index in [1.54, 1.807) is 12.1 Å². The van der Waals surface area contributed by atoms with E-state index in [-0.39, 0.29) is 25.0 Å². The number of hydrogen-bond acceptors (Lipinski definition) is 6. The summed E-state index contributed by atoms with van der Waals surface area (Å²) in [5.41, 5.74) is 1.41. The van der Waals surface area contributed by atoms with Gasteiger partial charge in [-0.1, -0.05) is 13.0 Å². The highest BCUT2D eigenvalue weighted by molar-refractivity contribution is 5.79. The first-order valence-electron chi connectivity index (χ1n) is 12.8. The van der Waals surface area contributed by atoms with Crippen LogP contribution in [-0.2, 0) is 11.2 Å². The number of halogens is 1. The molecule has 35 heavy (non-hydrogen) atoms. The smallest absolute Gasteiger partial charge is 0.225 e. The number of benzene rings is 1. The number of anilines is 1. The minimum atomic E-state index is -0.441. The molecule has 1 amide bonds. The number of ether oxygens (including phenoxy) is 1. The first-order valence-corrected chi connectivity index (χ1v) is 12.8. The third kappa shape index (κ3) is 6.90. The Hall–Kier alpha value is -2.74. The standard InChI is InChI=1S/C27H37FN4O3/c1-3-22(17-33)31-26(34)13-21-4-5-23(14-25(21)28)35-11-8-20-12-24(20)19-6-9-32(10-7-19)27-29-15-18(2)16-30-27/h4-5,14-16,19-20,22,24,33H,3,6-13,17H2,1-2H3,(H,31,34)/t20-,22+,24-/m1/s1. The number of aliphatic hydroxyl groups excluding tert-OH is 1. The van der Waals surface area contributed by atoms with E-state index in [2.05, 4.69) is 20.2 Å². The normalized spacial score (nSPS) is 21.0. The summed E-state index contributed by atoms with van der Waals surface area (Å²) >= 11 is 0. The molecule has 2 heterocycles. The minimum Gasteiger partial charge on any atom is -0.493 e. The average Bonchev–Trinajstić information content (AvgIpc) is 3.64. The van der Waals surface area contributed by atoms with Crippen LogP contribution in [0, 0.1) is 30.5 Å². The predicted molar refractivity (Wildman–Crippen MR) is 133 cm³/mol. The fourth-order valence-electron chi connectivity index (χ4n) is 5.07. The van der Waals surface area contributed by atoms with E-state index in [4.69, 9.17) is 4.74 Å². The Bertz CT molecular complexity index is 975. The summed E-state index contributed by atoms with van der Waals surface area (Å²) in [6, 6.07) is 4.39. The van der Waals surface area contributed by atoms with Crippen molar-refractivity contribution < 1.29 is 19.0 Å². The highest BCUT2D eigenvalue weighted by Gasteiger charge is 2.43. The van der Waals surface area contributed by atoms with Gasteiger partial charge in [-0.25, -0.2) is 14.4 Å². The van der Waals surface area contributed by atoms with E-state index in [1.807, 2.05) is 26.2 Å². The molecular formula is C27H37FN4O3. The molecule has 8 heteroatoms. The van der Waals surface area contributed by atoms with Crippen molar-refractivity contribution in [1.29, 1.82) is 0 Å². The van der Waals surface area contributed by atoms with Gasteiger partial charge in [-0.05, 0) is 74.0 Å². The lowest BCUT2D eigenvalue weighted by atomic mass is 9.90. The molecule has 0 unspecified atom stereocenters. The Morgan fingerprint density at radius 2 is 2.03 bits per heavy atom. The Morgan fingerprint density at radius 1 is 1.29 bits per heavy atom. The summed E-state index contributed by atoms with van der Waals surface area (Å²) in [5.74, 6) is 2.80.